The molecule has 0 unspecified atom stereocenters. The molecular weight excluding hydrogens is 512 g/mol. The van der Waals surface area contributed by atoms with Gasteiger partial charge < -0.3 is 9.88 Å². The van der Waals surface area contributed by atoms with Gasteiger partial charge >= 0.3 is 0 Å². The first-order valence-corrected chi connectivity index (χ1v) is 12.9. The molecule has 1 saturated heterocycles. The van der Waals surface area contributed by atoms with Gasteiger partial charge in [-0.05, 0) is 30.2 Å². The Morgan fingerprint density at radius 1 is 1.16 bits per heavy atom. The summed E-state index contributed by atoms with van der Waals surface area (Å²) in [6.07, 6.45) is 6.33. The van der Waals surface area contributed by atoms with Crippen LogP contribution in [-0.4, -0.2) is 50.9 Å². The molecule has 1 aromatic carbocycles. The van der Waals surface area contributed by atoms with E-state index in [9.17, 15) is 14.4 Å². The molecule has 5 rings (SSSR count). The van der Waals surface area contributed by atoms with E-state index in [0.717, 1.165) is 21.5 Å². The zero-order valence-corrected chi connectivity index (χ0v) is 22.0. The van der Waals surface area contributed by atoms with Crippen LogP contribution in [0.4, 0.5) is 5.82 Å². The molecule has 0 bridgehead atoms. The Bertz CT molecular complexity index is 1530. The van der Waals surface area contributed by atoms with Gasteiger partial charge in [0.1, 0.15) is 5.56 Å². The number of carbonyl (C=O) groups is 2. The number of nitrogens with one attached hydrogen (secondary N) is 1. The fourth-order valence-electron chi connectivity index (χ4n) is 4.49. The van der Waals surface area contributed by atoms with Crippen molar-refractivity contribution in [3.05, 3.63) is 85.9 Å². The van der Waals surface area contributed by atoms with E-state index < -0.39 is 5.91 Å². The first kappa shape index (κ1) is 25.1. The Labute approximate surface area is 222 Å². The predicted octanol–water partition coefficient (Wildman–Crippen LogP) is 3.13. The average molecular weight is 537 g/mol. The standard InChI is InChI=1S/C26H25ClN6O3S/c1-16-20(14-32-9-10-33(22(34)15-32)21-12-28-7-8-29-21)37-25-23(16)31(2)13-19(24(25)35)26(36)30-11-17-3-5-18(27)6-4-17/h3-8,12-13H,9-11,14-15H2,1-2H3,(H,30,36). The lowest BCUT2D eigenvalue weighted by Gasteiger charge is -2.33. The predicted molar refractivity (Wildman–Crippen MR) is 144 cm³/mol. The second-order valence-corrected chi connectivity index (χ2v) is 10.5. The first-order chi connectivity index (χ1) is 17.8. The molecule has 4 heterocycles. The molecule has 0 spiro atoms. The number of aryl methyl sites for hydroxylation is 2. The number of anilines is 1. The molecule has 1 N–H and O–H groups in total. The van der Waals surface area contributed by atoms with Crippen LogP contribution in [0.25, 0.3) is 10.2 Å². The fourth-order valence-corrected chi connectivity index (χ4v) is 5.96. The van der Waals surface area contributed by atoms with Gasteiger partial charge in [0, 0.05) is 61.7 Å². The summed E-state index contributed by atoms with van der Waals surface area (Å²) >= 11 is 7.31. The van der Waals surface area contributed by atoms with Crippen molar-refractivity contribution in [3.8, 4) is 0 Å². The Morgan fingerprint density at radius 3 is 2.65 bits per heavy atom. The number of fused-ring (bicyclic) bond motifs is 1. The molecule has 4 aromatic rings. The Hall–Kier alpha value is -3.60. The molecule has 1 fully saturated rings. The molecule has 0 aliphatic carbocycles. The molecule has 1 aliphatic rings. The monoisotopic (exact) mass is 536 g/mol. The number of nitrogens with zero attached hydrogens (tertiary/aromatic N) is 5. The minimum absolute atomic E-state index is 0.0415. The van der Waals surface area contributed by atoms with Gasteiger partial charge in [0.2, 0.25) is 11.3 Å². The van der Waals surface area contributed by atoms with Crippen molar-refractivity contribution in [1.82, 2.24) is 24.8 Å². The van der Waals surface area contributed by atoms with E-state index in [4.69, 9.17) is 11.6 Å². The number of piperazine rings is 1. The Morgan fingerprint density at radius 2 is 1.95 bits per heavy atom. The number of aromatic nitrogens is 3. The van der Waals surface area contributed by atoms with Crippen molar-refractivity contribution in [1.29, 1.82) is 0 Å². The highest BCUT2D eigenvalue weighted by Gasteiger charge is 2.27. The van der Waals surface area contributed by atoms with E-state index in [0.29, 0.717) is 41.7 Å². The van der Waals surface area contributed by atoms with Gasteiger partial charge in [0.15, 0.2) is 5.82 Å². The average Bonchev–Trinajstić information content (AvgIpc) is 3.23. The summed E-state index contributed by atoms with van der Waals surface area (Å²) in [6, 6.07) is 7.17. The normalized spacial score (nSPS) is 14.4. The maximum absolute atomic E-state index is 13.3. The van der Waals surface area contributed by atoms with Gasteiger partial charge in [0.25, 0.3) is 5.91 Å². The van der Waals surface area contributed by atoms with Crippen LogP contribution in [0.2, 0.25) is 5.02 Å². The number of thiophene rings is 1. The van der Waals surface area contributed by atoms with Crippen molar-refractivity contribution in [2.75, 3.05) is 24.5 Å². The van der Waals surface area contributed by atoms with Gasteiger partial charge in [-0.15, -0.1) is 11.3 Å². The second kappa shape index (κ2) is 10.4. The quantitative estimate of drug-likeness (QED) is 0.406. The number of pyridine rings is 1. The van der Waals surface area contributed by atoms with Crippen LogP contribution < -0.4 is 15.6 Å². The highest BCUT2D eigenvalue weighted by atomic mass is 35.5. The summed E-state index contributed by atoms with van der Waals surface area (Å²) in [5, 5.41) is 3.45. The van der Waals surface area contributed by atoms with E-state index in [1.165, 1.54) is 11.3 Å². The number of benzene rings is 1. The van der Waals surface area contributed by atoms with Gasteiger partial charge in [-0.3, -0.25) is 29.2 Å². The molecule has 1 aliphatic heterocycles. The maximum atomic E-state index is 13.3. The van der Waals surface area contributed by atoms with Crippen molar-refractivity contribution in [3.63, 3.8) is 0 Å². The lowest BCUT2D eigenvalue weighted by molar-refractivity contribution is -0.121. The number of hydrogen-bond acceptors (Lipinski definition) is 7. The number of carbonyl (C=O) groups excluding carboxylic acids is 2. The van der Waals surface area contributed by atoms with Crippen molar-refractivity contribution in [2.24, 2.45) is 7.05 Å². The van der Waals surface area contributed by atoms with E-state index in [-0.39, 0.29) is 23.4 Å². The summed E-state index contributed by atoms with van der Waals surface area (Å²) in [5.41, 5.74) is 2.49. The summed E-state index contributed by atoms with van der Waals surface area (Å²) < 4.78 is 2.37. The molecule has 0 atom stereocenters. The zero-order valence-electron chi connectivity index (χ0n) is 20.4. The smallest absolute Gasteiger partial charge is 0.257 e. The van der Waals surface area contributed by atoms with Gasteiger partial charge in [-0.1, -0.05) is 23.7 Å². The highest BCUT2D eigenvalue weighted by molar-refractivity contribution is 7.19. The maximum Gasteiger partial charge on any atom is 0.257 e. The van der Waals surface area contributed by atoms with E-state index in [1.54, 1.807) is 41.8 Å². The van der Waals surface area contributed by atoms with Crippen LogP contribution in [0.15, 0.2) is 53.8 Å². The summed E-state index contributed by atoms with van der Waals surface area (Å²) in [5.74, 6) is 0.0890. The third kappa shape index (κ3) is 5.13. The minimum Gasteiger partial charge on any atom is -0.349 e. The second-order valence-electron chi connectivity index (χ2n) is 8.94. The van der Waals surface area contributed by atoms with Crippen LogP contribution in [0.3, 0.4) is 0 Å². The number of halogens is 1. The Kier molecular flexibility index (Phi) is 7.05. The van der Waals surface area contributed by atoms with Crippen molar-refractivity contribution >= 4 is 50.8 Å². The molecule has 0 saturated carbocycles. The fraction of sp³-hybridized carbons (Fsp3) is 0.269. The van der Waals surface area contributed by atoms with Crippen LogP contribution in [0.1, 0.15) is 26.4 Å². The minimum atomic E-state index is -0.421. The first-order valence-electron chi connectivity index (χ1n) is 11.7. The van der Waals surface area contributed by atoms with Crippen molar-refractivity contribution < 1.29 is 9.59 Å². The molecule has 9 nitrogen and oxygen atoms in total. The molecule has 0 radical (unpaired) electrons. The van der Waals surface area contributed by atoms with Gasteiger partial charge in [0.05, 0.1) is 23.0 Å². The van der Waals surface area contributed by atoms with E-state index in [2.05, 4.69) is 20.2 Å². The van der Waals surface area contributed by atoms with Gasteiger partial charge in [-0.25, -0.2) is 4.98 Å². The number of amides is 2. The molecule has 11 heteroatoms. The third-order valence-corrected chi connectivity index (χ3v) is 7.96. The highest BCUT2D eigenvalue weighted by Crippen LogP contribution is 2.30. The molecule has 190 valence electrons. The SMILES string of the molecule is Cc1c(CN2CCN(c3cnccn3)C(=O)C2)sc2c(=O)c(C(=O)NCc3ccc(Cl)cc3)cn(C)c12. The summed E-state index contributed by atoms with van der Waals surface area (Å²) in [7, 11) is 1.84. The Balaban J connectivity index is 1.33. The van der Waals surface area contributed by atoms with Gasteiger partial charge in [-0.2, -0.15) is 0 Å². The van der Waals surface area contributed by atoms with Crippen LogP contribution in [0.5, 0.6) is 0 Å². The molecule has 2 amide bonds. The third-order valence-electron chi connectivity index (χ3n) is 6.44. The number of rotatable bonds is 6. The summed E-state index contributed by atoms with van der Waals surface area (Å²) in [4.78, 5) is 52.0. The molecule has 37 heavy (non-hydrogen) atoms. The molecule has 3 aromatic heterocycles. The van der Waals surface area contributed by atoms with Crippen LogP contribution in [-0.2, 0) is 24.9 Å². The van der Waals surface area contributed by atoms with Crippen LogP contribution >= 0.6 is 22.9 Å². The van der Waals surface area contributed by atoms with Crippen LogP contribution in [0, 0.1) is 6.92 Å². The zero-order chi connectivity index (χ0) is 26.1. The molecular formula is C26H25ClN6O3S. The van der Waals surface area contributed by atoms with E-state index >= 15 is 0 Å². The lowest BCUT2D eigenvalue weighted by Crippen LogP contribution is -2.50. The number of hydrogen-bond donors (Lipinski definition) is 1. The lowest BCUT2D eigenvalue weighted by atomic mass is 10.1. The van der Waals surface area contributed by atoms with E-state index in [1.807, 2.05) is 30.7 Å². The largest absolute Gasteiger partial charge is 0.349 e. The topological polar surface area (TPSA) is 100 Å². The summed E-state index contributed by atoms with van der Waals surface area (Å²) in [6.45, 7) is 4.25. The van der Waals surface area contributed by atoms with Crippen molar-refractivity contribution in [2.45, 2.75) is 20.0 Å².